The summed E-state index contributed by atoms with van der Waals surface area (Å²) in [6.07, 6.45) is 4.53. The Kier molecular flexibility index (Phi) is 4.52. The number of carbonyl (C=O) groups is 1. The molecule has 0 bridgehead atoms. The smallest absolute Gasteiger partial charge is 0.271 e. The van der Waals surface area contributed by atoms with Crippen LogP contribution in [0.25, 0.3) is 5.13 Å². The summed E-state index contributed by atoms with van der Waals surface area (Å²) < 4.78 is 15.0. The van der Waals surface area contributed by atoms with Gasteiger partial charge in [-0.1, -0.05) is 19.1 Å². The van der Waals surface area contributed by atoms with Crippen molar-refractivity contribution in [3.8, 4) is 5.13 Å². The molecule has 0 saturated heterocycles. The number of nitrogens with zero attached hydrogens (tertiary/aromatic N) is 2. The predicted octanol–water partition coefficient (Wildman–Crippen LogP) is 3.57. The third-order valence-electron chi connectivity index (χ3n) is 3.39. The third kappa shape index (κ3) is 3.48. The minimum Gasteiger partial charge on any atom is -0.347 e. The number of hydrogen-bond acceptors (Lipinski definition) is 3. The Bertz CT molecular complexity index is 811. The minimum absolute atomic E-state index is 0.235. The van der Waals surface area contributed by atoms with Gasteiger partial charge in [-0.25, -0.2) is 9.37 Å². The van der Waals surface area contributed by atoms with Crippen LogP contribution in [0.5, 0.6) is 0 Å². The number of rotatable bonds is 5. The highest BCUT2D eigenvalue weighted by Gasteiger charge is 2.17. The fraction of sp³-hybridized carbons (Fsp3) is 0.176. The molecule has 4 nitrogen and oxygen atoms in total. The predicted molar refractivity (Wildman–Crippen MR) is 88.4 cm³/mol. The second-order valence-electron chi connectivity index (χ2n) is 5.02. The molecule has 118 valence electrons. The molecule has 0 spiro atoms. The van der Waals surface area contributed by atoms with E-state index in [-0.39, 0.29) is 18.3 Å². The summed E-state index contributed by atoms with van der Waals surface area (Å²) >= 11 is 1.50. The standard InChI is InChI=1S/C17H16FN3OS/c1-2-14-15(20-17(23-14)21-8-3-4-9-21)16(22)19-11-12-6-5-7-13(18)10-12/h3-10H,2,11H2,1H3,(H,19,22). The molecule has 1 N–H and O–H groups in total. The number of nitrogens with one attached hydrogen (secondary N) is 1. The maximum Gasteiger partial charge on any atom is 0.271 e. The van der Waals surface area contributed by atoms with Gasteiger partial charge < -0.3 is 9.88 Å². The van der Waals surface area contributed by atoms with Crippen LogP contribution in [0.3, 0.4) is 0 Å². The van der Waals surface area contributed by atoms with E-state index in [0.29, 0.717) is 5.69 Å². The normalized spacial score (nSPS) is 10.7. The lowest BCUT2D eigenvalue weighted by molar-refractivity contribution is 0.0945. The van der Waals surface area contributed by atoms with Crippen molar-refractivity contribution in [2.75, 3.05) is 0 Å². The largest absolute Gasteiger partial charge is 0.347 e. The zero-order chi connectivity index (χ0) is 16.2. The lowest BCUT2D eigenvalue weighted by atomic mass is 10.2. The molecule has 0 saturated carbocycles. The molecule has 2 aromatic heterocycles. The molecule has 0 unspecified atom stereocenters. The number of halogens is 1. The van der Waals surface area contributed by atoms with Gasteiger partial charge in [-0.15, -0.1) is 11.3 Å². The molecule has 0 atom stereocenters. The van der Waals surface area contributed by atoms with Gasteiger partial charge in [0.15, 0.2) is 5.13 Å². The Morgan fingerprint density at radius 3 is 2.78 bits per heavy atom. The molecule has 0 fully saturated rings. The van der Waals surface area contributed by atoms with Crippen molar-refractivity contribution in [1.82, 2.24) is 14.9 Å². The average Bonchev–Trinajstić information content (AvgIpc) is 3.21. The summed E-state index contributed by atoms with van der Waals surface area (Å²) in [7, 11) is 0. The van der Waals surface area contributed by atoms with E-state index in [1.54, 1.807) is 12.1 Å². The molecular weight excluding hydrogens is 313 g/mol. The Morgan fingerprint density at radius 2 is 2.09 bits per heavy atom. The molecule has 0 aliphatic heterocycles. The van der Waals surface area contributed by atoms with Gasteiger partial charge in [-0.3, -0.25) is 4.79 Å². The van der Waals surface area contributed by atoms with E-state index in [0.717, 1.165) is 22.0 Å². The minimum atomic E-state index is -0.311. The quantitative estimate of drug-likeness (QED) is 0.778. The first-order chi connectivity index (χ1) is 11.2. The monoisotopic (exact) mass is 329 g/mol. The number of amides is 1. The topological polar surface area (TPSA) is 46.9 Å². The van der Waals surface area contributed by atoms with E-state index >= 15 is 0 Å². The highest BCUT2D eigenvalue weighted by Crippen LogP contribution is 2.22. The van der Waals surface area contributed by atoms with Gasteiger partial charge in [0.05, 0.1) is 0 Å². The zero-order valence-electron chi connectivity index (χ0n) is 12.6. The van der Waals surface area contributed by atoms with E-state index in [2.05, 4.69) is 10.3 Å². The number of aryl methyl sites for hydroxylation is 1. The van der Waals surface area contributed by atoms with Crippen LogP contribution in [0.4, 0.5) is 4.39 Å². The average molecular weight is 329 g/mol. The van der Waals surface area contributed by atoms with Gasteiger partial charge >= 0.3 is 0 Å². The molecule has 0 aliphatic carbocycles. The third-order valence-corrected chi connectivity index (χ3v) is 4.60. The molecule has 0 radical (unpaired) electrons. The van der Waals surface area contributed by atoms with Crippen LogP contribution in [-0.2, 0) is 13.0 Å². The van der Waals surface area contributed by atoms with E-state index in [1.165, 1.54) is 23.5 Å². The fourth-order valence-electron chi connectivity index (χ4n) is 2.24. The Morgan fingerprint density at radius 1 is 1.30 bits per heavy atom. The van der Waals surface area contributed by atoms with Gasteiger partial charge in [-0.2, -0.15) is 0 Å². The molecule has 0 aliphatic rings. The van der Waals surface area contributed by atoms with Gasteiger partial charge in [0.1, 0.15) is 11.5 Å². The van der Waals surface area contributed by atoms with Crippen LogP contribution >= 0.6 is 11.3 Å². The number of thiazole rings is 1. The van der Waals surface area contributed by atoms with Crippen molar-refractivity contribution >= 4 is 17.2 Å². The van der Waals surface area contributed by atoms with Crippen molar-refractivity contribution in [2.45, 2.75) is 19.9 Å². The molecule has 2 heterocycles. The van der Waals surface area contributed by atoms with Crippen molar-refractivity contribution in [3.63, 3.8) is 0 Å². The number of aromatic nitrogens is 2. The van der Waals surface area contributed by atoms with E-state index in [4.69, 9.17) is 0 Å². The molecule has 1 aromatic carbocycles. The number of carbonyl (C=O) groups excluding carboxylic acids is 1. The zero-order valence-corrected chi connectivity index (χ0v) is 13.4. The first-order valence-electron chi connectivity index (χ1n) is 7.33. The second kappa shape index (κ2) is 6.75. The maximum absolute atomic E-state index is 13.2. The summed E-state index contributed by atoms with van der Waals surface area (Å²) in [5.74, 6) is -0.546. The Labute approximate surface area is 137 Å². The molecule has 3 rings (SSSR count). The van der Waals surface area contributed by atoms with Crippen LogP contribution in [0.1, 0.15) is 27.9 Å². The molecule has 1 amide bonds. The molecule has 3 aromatic rings. The first-order valence-corrected chi connectivity index (χ1v) is 8.14. The van der Waals surface area contributed by atoms with Gasteiger partial charge in [0.25, 0.3) is 5.91 Å². The summed E-state index contributed by atoms with van der Waals surface area (Å²) in [5.41, 5.74) is 1.16. The van der Waals surface area contributed by atoms with Crippen molar-refractivity contribution < 1.29 is 9.18 Å². The van der Waals surface area contributed by atoms with Crippen molar-refractivity contribution in [1.29, 1.82) is 0 Å². The lowest BCUT2D eigenvalue weighted by Gasteiger charge is -2.04. The fourth-order valence-corrected chi connectivity index (χ4v) is 3.21. The van der Waals surface area contributed by atoms with E-state index in [1.807, 2.05) is 36.0 Å². The lowest BCUT2D eigenvalue weighted by Crippen LogP contribution is -2.24. The molecule has 23 heavy (non-hydrogen) atoms. The van der Waals surface area contributed by atoms with Crippen LogP contribution in [0, 0.1) is 5.82 Å². The van der Waals surface area contributed by atoms with Crippen LogP contribution in [0.2, 0.25) is 0 Å². The van der Waals surface area contributed by atoms with E-state index < -0.39 is 0 Å². The maximum atomic E-state index is 13.2. The highest BCUT2D eigenvalue weighted by atomic mass is 32.1. The van der Waals surface area contributed by atoms with Gasteiger partial charge in [0, 0.05) is 23.8 Å². The molecule has 6 heteroatoms. The summed E-state index contributed by atoms with van der Waals surface area (Å²) in [6.45, 7) is 2.27. The van der Waals surface area contributed by atoms with Crippen molar-refractivity contribution in [3.05, 3.63) is 70.7 Å². The van der Waals surface area contributed by atoms with Crippen LogP contribution in [-0.4, -0.2) is 15.5 Å². The van der Waals surface area contributed by atoms with Crippen molar-refractivity contribution in [2.24, 2.45) is 0 Å². The Hall–Kier alpha value is -2.47. The number of hydrogen-bond donors (Lipinski definition) is 1. The highest BCUT2D eigenvalue weighted by molar-refractivity contribution is 7.14. The second-order valence-corrected chi connectivity index (χ2v) is 6.09. The van der Waals surface area contributed by atoms with Crippen LogP contribution < -0.4 is 5.32 Å². The van der Waals surface area contributed by atoms with Gasteiger partial charge in [0.2, 0.25) is 0 Å². The Balaban J connectivity index is 1.76. The summed E-state index contributed by atoms with van der Waals surface area (Å²) in [6, 6.07) is 10.0. The SMILES string of the molecule is CCc1sc(-n2cccc2)nc1C(=O)NCc1cccc(F)c1. The first kappa shape index (κ1) is 15.4. The van der Waals surface area contributed by atoms with Gasteiger partial charge in [-0.05, 0) is 36.2 Å². The molecular formula is C17H16FN3OS. The number of benzene rings is 1. The van der Waals surface area contributed by atoms with E-state index in [9.17, 15) is 9.18 Å². The van der Waals surface area contributed by atoms with Crippen LogP contribution in [0.15, 0.2) is 48.8 Å². The summed E-state index contributed by atoms with van der Waals surface area (Å²) in [4.78, 5) is 17.8. The summed E-state index contributed by atoms with van der Waals surface area (Å²) in [5, 5.41) is 3.57.